The van der Waals surface area contributed by atoms with Crippen molar-refractivity contribution in [2.45, 2.75) is 6.92 Å². The topological polar surface area (TPSA) is 69.6 Å². The number of carboxylic acid groups (broad SMARTS) is 1. The number of nitrogens with zero attached hydrogens (tertiary/aromatic N) is 1. The Hall–Kier alpha value is -2.21. The summed E-state index contributed by atoms with van der Waals surface area (Å²) in [6.45, 7) is 5.04. The van der Waals surface area contributed by atoms with E-state index in [1.807, 2.05) is 0 Å². The number of amides is 1. The van der Waals surface area contributed by atoms with Crippen LogP contribution in [0.3, 0.4) is 0 Å². The number of anilines is 1. The predicted molar refractivity (Wildman–Crippen MR) is 74.0 cm³/mol. The SMILES string of the molecule is C=CCN(CC(=O)O)CC(=O)Nc1ccc(C)c(F)c1. The molecule has 1 amide bonds. The minimum atomic E-state index is -1.03. The third-order valence-corrected chi connectivity index (χ3v) is 2.57. The molecule has 6 heteroatoms. The van der Waals surface area contributed by atoms with Crippen molar-refractivity contribution in [3.63, 3.8) is 0 Å². The minimum absolute atomic E-state index is 0.103. The van der Waals surface area contributed by atoms with Crippen molar-refractivity contribution in [2.75, 3.05) is 25.0 Å². The molecule has 108 valence electrons. The molecule has 0 atom stereocenters. The van der Waals surface area contributed by atoms with Gasteiger partial charge >= 0.3 is 5.97 Å². The number of hydrogen-bond acceptors (Lipinski definition) is 3. The first-order valence-corrected chi connectivity index (χ1v) is 6.03. The maximum Gasteiger partial charge on any atom is 0.317 e. The van der Waals surface area contributed by atoms with Crippen LogP contribution in [-0.4, -0.2) is 41.5 Å². The van der Waals surface area contributed by atoms with Gasteiger partial charge in [0.15, 0.2) is 0 Å². The second kappa shape index (κ2) is 7.40. The first kappa shape index (κ1) is 15.8. The highest BCUT2D eigenvalue weighted by molar-refractivity contribution is 5.92. The van der Waals surface area contributed by atoms with Crippen LogP contribution in [0.25, 0.3) is 0 Å². The molecule has 0 spiro atoms. The van der Waals surface area contributed by atoms with Gasteiger partial charge in [-0.1, -0.05) is 12.1 Å². The maximum atomic E-state index is 13.3. The number of nitrogens with one attached hydrogen (secondary N) is 1. The third kappa shape index (κ3) is 5.19. The minimum Gasteiger partial charge on any atom is -0.480 e. The summed E-state index contributed by atoms with van der Waals surface area (Å²) in [4.78, 5) is 23.8. The van der Waals surface area contributed by atoms with Gasteiger partial charge in [0.2, 0.25) is 5.91 Å². The summed E-state index contributed by atoms with van der Waals surface area (Å²) < 4.78 is 13.3. The number of hydrogen-bond donors (Lipinski definition) is 2. The Bertz CT molecular complexity index is 517. The van der Waals surface area contributed by atoms with Gasteiger partial charge in [-0.25, -0.2) is 4.39 Å². The highest BCUT2D eigenvalue weighted by Gasteiger charge is 2.13. The molecular weight excluding hydrogens is 263 g/mol. The molecule has 1 aromatic carbocycles. The zero-order chi connectivity index (χ0) is 15.1. The van der Waals surface area contributed by atoms with Crippen molar-refractivity contribution >= 4 is 17.6 Å². The van der Waals surface area contributed by atoms with Crippen LogP contribution in [0.2, 0.25) is 0 Å². The van der Waals surface area contributed by atoms with E-state index < -0.39 is 17.7 Å². The Kier molecular flexibility index (Phi) is 5.86. The van der Waals surface area contributed by atoms with E-state index in [2.05, 4.69) is 11.9 Å². The normalized spacial score (nSPS) is 10.3. The molecule has 5 nitrogen and oxygen atoms in total. The van der Waals surface area contributed by atoms with Gasteiger partial charge in [-0.2, -0.15) is 0 Å². The molecule has 1 aromatic rings. The van der Waals surface area contributed by atoms with E-state index in [1.54, 1.807) is 19.1 Å². The largest absolute Gasteiger partial charge is 0.480 e. The number of halogens is 1. The van der Waals surface area contributed by atoms with Gasteiger partial charge in [-0.15, -0.1) is 6.58 Å². The Morgan fingerprint density at radius 1 is 1.45 bits per heavy atom. The van der Waals surface area contributed by atoms with Gasteiger partial charge in [0.05, 0.1) is 13.1 Å². The molecule has 0 radical (unpaired) electrons. The van der Waals surface area contributed by atoms with Crippen LogP contribution >= 0.6 is 0 Å². The van der Waals surface area contributed by atoms with Gasteiger partial charge in [0.1, 0.15) is 5.82 Å². The number of carbonyl (C=O) groups excluding carboxylic acids is 1. The van der Waals surface area contributed by atoms with E-state index in [0.29, 0.717) is 11.3 Å². The van der Waals surface area contributed by atoms with E-state index >= 15 is 0 Å². The van der Waals surface area contributed by atoms with Gasteiger partial charge in [0, 0.05) is 12.2 Å². The van der Waals surface area contributed by atoms with Crippen molar-refractivity contribution in [1.82, 2.24) is 4.90 Å². The zero-order valence-corrected chi connectivity index (χ0v) is 11.2. The lowest BCUT2D eigenvalue weighted by Gasteiger charge is -2.17. The van der Waals surface area contributed by atoms with Gasteiger partial charge in [0.25, 0.3) is 0 Å². The zero-order valence-electron chi connectivity index (χ0n) is 11.2. The van der Waals surface area contributed by atoms with E-state index in [1.165, 1.54) is 17.0 Å². The van der Waals surface area contributed by atoms with Gasteiger partial charge < -0.3 is 10.4 Å². The van der Waals surface area contributed by atoms with Crippen LogP contribution in [0.5, 0.6) is 0 Å². The first-order valence-electron chi connectivity index (χ1n) is 6.03. The number of carboxylic acids is 1. The van der Waals surface area contributed by atoms with Crippen LogP contribution in [0, 0.1) is 12.7 Å². The quantitative estimate of drug-likeness (QED) is 0.745. The Labute approximate surface area is 116 Å². The molecule has 1 rings (SSSR count). The molecule has 0 heterocycles. The lowest BCUT2D eigenvalue weighted by Crippen LogP contribution is -2.37. The maximum absolute atomic E-state index is 13.3. The number of aliphatic carboxylic acids is 1. The molecule has 20 heavy (non-hydrogen) atoms. The van der Waals surface area contributed by atoms with Crippen molar-refractivity contribution in [1.29, 1.82) is 0 Å². The molecule has 0 fully saturated rings. The molecule has 2 N–H and O–H groups in total. The fourth-order valence-electron chi connectivity index (χ4n) is 1.63. The van der Waals surface area contributed by atoms with E-state index in [0.717, 1.165) is 0 Å². The van der Waals surface area contributed by atoms with Crippen molar-refractivity contribution in [3.8, 4) is 0 Å². The van der Waals surface area contributed by atoms with Crippen LogP contribution in [0.1, 0.15) is 5.56 Å². The second-order valence-electron chi connectivity index (χ2n) is 4.36. The standard InChI is InChI=1S/C14H17FN2O3/c1-3-6-17(9-14(19)20)8-13(18)16-11-5-4-10(2)12(15)7-11/h3-5,7H,1,6,8-9H2,2H3,(H,16,18)(H,19,20). The van der Waals surface area contributed by atoms with Crippen molar-refractivity contribution < 1.29 is 19.1 Å². The Balaban J connectivity index is 2.62. The van der Waals surface area contributed by atoms with Crippen LogP contribution in [0.15, 0.2) is 30.9 Å². The van der Waals surface area contributed by atoms with Crippen LogP contribution in [-0.2, 0) is 9.59 Å². The number of carbonyl (C=O) groups is 2. The third-order valence-electron chi connectivity index (χ3n) is 2.57. The average molecular weight is 280 g/mol. The van der Waals surface area contributed by atoms with Crippen molar-refractivity contribution in [2.24, 2.45) is 0 Å². The number of rotatable bonds is 7. The van der Waals surface area contributed by atoms with Gasteiger partial charge in [-0.3, -0.25) is 14.5 Å². The molecule has 0 aliphatic carbocycles. The summed E-state index contributed by atoms with van der Waals surface area (Å²) in [6.07, 6.45) is 1.52. The summed E-state index contributed by atoms with van der Waals surface area (Å²) in [5.74, 6) is -1.84. The second-order valence-corrected chi connectivity index (χ2v) is 4.36. The first-order chi connectivity index (χ1) is 9.42. The summed E-state index contributed by atoms with van der Waals surface area (Å²) in [5.41, 5.74) is 0.828. The van der Waals surface area contributed by atoms with E-state index in [4.69, 9.17) is 5.11 Å². The summed E-state index contributed by atoms with van der Waals surface area (Å²) in [7, 11) is 0. The van der Waals surface area contributed by atoms with Crippen LogP contribution in [0.4, 0.5) is 10.1 Å². The molecule has 0 saturated heterocycles. The van der Waals surface area contributed by atoms with Crippen LogP contribution < -0.4 is 5.32 Å². The lowest BCUT2D eigenvalue weighted by molar-refractivity contribution is -0.138. The summed E-state index contributed by atoms with van der Waals surface area (Å²) in [6, 6.07) is 4.37. The van der Waals surface area contributed by atoms with E-state index in [9.17, 15) is 14.0 Å². The molecule has 0 aromatic heterocycles. The lowest BCUT2D eigenvalue weighted by atomic mass is 10.2. The smallest absolute Gasteiger partial charge is 0.317 e. The molecule has 0 aliphatic heterocycles. The predicted octanol–water partition coefficient (Wildman–Crippen LogP) is 1.65. The number of aryl methyl sites for hydroxylation is 1. The molecule has 0 unspecified atom stereocenters. The molecular formula is C14H17FN2O3. The molecule has 0 saturated carbocycles. The highest BCUT2D eigenvalue weighted by atomic mass is 19.1. The van der Waals surface area contributed by atoms with Crippen molar-refractivity contribution in [3.05, 3.63) is 42.2 Å². The highest BCUT2D eigenvalue weighted by Crippen LogP contribution is 2.13. The monoisotopic (exact) mass is 280 g/mol. The molecule has 0 bridgehead atoms. The fraction of sp³-hybridized carbons (Fsp3) is 0.286. The summed E-state index contributed by atoms with van der Waals surface area (Å²) in [5, 5.41) is 11.2. The van der Waals surface area contributed by atoms with E-state index in [-0.39, 0.29) is 19.6 Å². The van der Waals surface area contributed by atoms with Gasteiger partial charge in [-0.05, 0) is 24.6 Å². The average Bonchev–Trinajstić information content (AvgIpc) is 2.33. The molecule has 0 aliphatic rings. The summed E-state index contributed by atoms with van der Waals surface area (Å²) >= 11 is 0. The Morgan fingerprint density at radius 2 is 2.15 bits per heavy atom. The Morgan fingerprint density at radius 3 is 2.70 bits per heavy atom. The fourth-order valence-corrected chi connectivity index (χ4v) is 1.63. The number of benzene rings is 1.